The fourth-order valence-electron chi connectivity index (χ4n) is 10.8. The molecule has 0 bridgehead atoms. The number of carbonyl (C=O) groups excluding carboxylic acids is 9. The van der Waals surface area contributed by atoms with E-state index in [4.69, 9.17) is 9.47 Å². The van der Waals surface area contributed by atoms with Gasteiger partial charge in [0.1, 0.15) is 30.2 Å². The maximum absolute atomic E-state index is 14.7. The summed E-state index contributed by atoms with van der Waals surface area (Å²) in [5.41, 5.74) is 1.65. The number of nitrogens with zero attached hydrogens (tertiary/aromatic N) is 5. The minimum atomic E-state index is -1.10. The van der Waals surface area contributed by atoms with Crippen LogP contribution in [-0.2, 0) is 49.5 Å². The number of hydrogen-bond acceptors (Lipinski definition) is 12. The van der Waals surface area contributed by atoms with E-state index in [-0.39, 0.29) is 86.8 Å². The molecule has 0 radical (unpaired) electrons. The fraction of sp³-hybridized carbons (Fsp3) is 0.629. The van der Waals surface area contributed by atoms with Crippen molar-refractivity contribution in [2.24, 2.45) is 17.8 Å². The molecule has 4 N–H and O–H groups in total. The first-order valence-electron chi connectivity index (χ1n) is 29.4. The Morgan fingerprint density at radius 1 is 0.627 bits per heavy atom. The molecule has 2 aromatic rings. The van der Waals surface area contributed by atoms with Crippen molar-refractivity contribution >= 4 is 64.9 Å². The number of carbonyl (C=O) groups is 9. The Bertz CT molecular complexity index is 2480. The largest absolute Gasteiger partial charge is 0.377 e. The predicted molar refractivity (Wildman–Crippen MR) is 323 cm³/mol. The monoisotopic (exact) mass is 1170 g/mol. The van der Waals surface area contributed by atoms with Gasteiger partial charge in [0, 0.05) is 89.7 Å². The van der Waals surface area contributed by atoms with E-state index in [0.717, 1.165) is 37.9 Å². The first-order chi connectivity index (χ1) is 39.4. The second-order valence-electron chi connectivity index (χ2n) is 22.9. The van der Waals surface area contributed by atoms with E-state index in [1.54, 1.807) is 83.4 Å². The number of rotatable bonds is 36. The van der Waals surface area contributed by atoms with E-state index in [9.17, 15) is 43.2 Å². The lowest BCUT2D eigenvalue weighted by Gasteiger charge is -2.41. The number of unbranched alkanes of at least 4 members (excludes halogenated alkanes) is 3. The van der Waals surface area contributed by atoms with Gasteiger partial charge in [0.2, 0.25) is 41.4 Å². The van der Waals surface area contributed by atoms with Gasteiger partial charge in [0.05, 0.1) is 38.5 Å². The van der Waals surface area contributed by atoms with Gasteiger partial charge < -0.3 is 55.2 Å². The van der Waals surface area contributed by atoms with E-state index in [2.05, 4.69) is 27.8 Å². The number of allylic oxidation sites excluding steroid dienone is 1. The molecule has 0 spiro atoms. The van der Waals surface area contributed by atoms with Gasteiger partial charge in [-0.2, -0.15) is 11.8 Å². The van der Waals surface area contributed by atoms with Gasteiger partial charge in [0.25, 0.3) is 0 Å². The molecule has 0 unspecified atom stereocenters. The molecule has 2 aliphatic heterocycles. The Labute approximate surface area is 497 Å². The lowest BCUT2D eigenvalue weighted by atomic mass is 9.94. The van der Waals surface area contributed by atoms with Crippen LogP contribution in [0.25, 0.3) is 0 Å². The van der Waals surface area contributed by atoms with Crippen LogP contribution in [0.5, 0.6) is 0 Å². The van der Waals surface area contributed by atoms with Gasteiger partial charge in [-0.1, -0.05) is 109 Å². The molecule has 2 saturated heterocycles. The van der Waals surface area contributed by atoms with Crippen molar-refractivity contribution in [3.8, 4) is 0 Å². The summed E-state index contributed by atoms with van der Waals surface area (Å²) in [7, 11) is 7.70. The van der Waals surface area contributed by atoms with Crippen molar-refractivity contribution in [1.82, 2.24) is 45.8 Å². The summed E-state index contributed by atoms with van der Waals surface area (Å²) in [5, 5.41) is 12.0. The smallest absolute Gasteiger partial charge is 0.315 e. The lowest BCUT2D eigenvalue weighted by Crippen LogP contribution is -2.61. The predicted octanol–water partition coefficient (Wildman–Crippen LogP) is 5.32. The molecule has 9 amide bonds. The summed E-state index contributed by atoms with van der Waals surface area (Å²) < 4.78 is 11.4. The van der Waals surface area contributed by atoms with E-state index in [1.807, 2.05) is 51.6 Å². The second-order valence-corrected chi connectivity index (χ2v) is 24.2. The van der Waals surface area contributed by atoms with Crippen molar-refractivity contribution in [3.05, 3.63) is 83.9 Å². The zero-order valence-electron chi connectivity index (χ0n) is 51.3. The molecule has 0 aromatic heterocycles. The Morgan fingerprint density at radius 3 is 1.73 bits per heavy atom. The summed E-state index contributed by atoms with van der Waals surface area (Å²) in [4.78, 5) is 130. The lowest BCUT2D eigenvalue weighted by molar-refractivity contribution is -0.157. The molecule has 460 valence electrons. The van der Waals surface area contributed by atoms with Gasteiger partial charge >= 0.3 is 6.03 Å². The van der Waals surface area contributed by atoms with Crippen LogP contribution in [0.3, 0.4) is 0 Å². The molecular weight excluding hydrogens is 1080 g/mol. The highest BCUT2D eigenvalue weighted by atomic mass is 32.2. The highest BCUT2D eigenvalue weighted by Crippen LogP contribution is 2.33. The third kappa shape index (κ3) is 20.2. The molecule has 4 rings (SSSR count). The Balaban J connectivity index is 1.37. The van der Waals surface area contributed by atoms with E-state index in [0.29, 0.717) is 47.9 Å². The number of fused-ring (bicyclic) bond motifs is 1. The number of ether oxygens (including phenoxy) is 2. The van der Waals surface area contributed by atoms with Gasteiger partial charge in [-0.15, -0.1) is 6.58 Å². The fourth-order valence-corrected chi connectivity index (χ4v) is 12.3. The number of benzene rings is 2. The van der Waals surface area contributed by atoms with Gasteiger partial charge in [-0.3, -0.25) is 38.4 Å². The molecule has 20 nitrogen and oxygen atoms in total. The van der Waals surface area contributed by atoms with E-state index < -0.39 is 65.7 Å². The summed E-state index contributed by atoms with van der Waals surface area (Å²) in [6, 6.07) is 10.8. The van der Waals surface area contributed by atoms with Crippen LogP contribution in [0.4, 0.5) is 4.79 Å². The third-order valence-corrected chi connectivity index (χ3v) is 17.2. The highest BCUT2D eigenvalue weighted by Gasteiger charge is 2.44. The zero-order valence-corrected chi connectivity index (χ0v) is 52.1. The van der Waals surface area contributed by atoms with Crippen LogP contribution in [0.15, 0.2) is 67.3 Å². The number of likely N-dealkylation sites (N-methyl/N-ethyl adjacent to an activating group) is 5. The van der Waals surface area contributed by atoms with Crippen LogP contribution < -0.4 is 21.3 Å². The van der Waals surface area contributed by atoms with Gasteiger partial charge in [-0.25, -0.2) is 4.79 Å². The summed E-state index contributed by atoms with van der Waals surface area (Å²) in [6.07, 6.45) is 7.49. The van der Waals surface area contributed by atoms with Crippen molar-refractivity contribution in [2.45, 2.75) is 154 Å². The number of thioether (sulfide) groups is 1. The van der Waals surface area contributed by atoms with Crippen LogP contribution in [0.2, 0.25) is 0 Å². The molecular formula is C62H95N9O11S. The Hall–Kier alpha value is -6.32. The standard InChI is InChI=1S/C62H95N9O11S/c1-14-15-16-17-21-27-51(73)69(11)53(40(2)3)60(78)71(13)55(42(6)7)61(79)70(12)54(41(4)5)59(77)67(9)43(8)58(76)68(10)48(38-44-28-30-46(31-29-44)56(74)45-23-19-18-20-24-45)57(75)64-33-35-82-37-36-81-34-32-63-50(72)26-22-25-49-52-47(39-83-49)65-62(80)66-52/h14,18-20,23-24,28-31,40-43,47-49,52-55H,1,15-17,21-22,25-27,32-39H2,2-13H3,(H,63,72)(H,64,75)(H2,65,66,80)/t43-,47-,48-,49-,52-,53-,54-,55-/m0/s1. The van der Waals surface area contributed by atoms with Crippen LogP contribution >= 0.6 is 11.8 Å². The molecule has 0 saturated carbocycles. The summed E-state index contributed by atoms with van der Waals surface area (Å²) in [5.74, 6) is -3.00. The highest BCUT2D eigenvalue weighted by molar-refractivity contribution is 8.00. The molecule has 21 heteroatoms. The van der Waals surface area contributed by atoms with Crippen molar-refractivity contribution in [1.29, 1.82) is 0 Å². The Kier molecular flexibility index (Phi) is 28.7. The van der Waals surface area contributed by atoms with E-state index >= 15 is 0 Å². The van der Waals surface area contributed by atoms with Crippen LogP contribution in [0, 0.1) is 17.8 Å². The maximum atomic E-state index is 14.7. The Morgan fingerprint density at radius 2 is 1.17 bits per heavy atom. The molecule has 2 aromatic carbocycles. The molecule has 0 aliphatic carbocycles. The summed E-state index contributed by atoms with van der Waals surface area (Å²) in [6.45, 7) is 17.7. The average Bonchev–Trinajstić information content (AvgIpc) is 4.24. The number of amides is 9. The zero-order chi connectivity index (χ0) is 61.5. The second kappa shape index (κ2) is 34.5. The molecule has 2 aliphatic rings. The molecule has 2 heterocycles. The van der Waals surface area contributed by atoms with Crippen molar-refractivity contribution in [3.63, 3.8) is 0 Å². The van der Waals surface area contributed by atoms with E-state index in [1.165, 1.54) is 45.6 Å². The van der Waals surface area contributed by atoms with Gasteiger partial charge in [0.15, 0.2) is 5.78 Å². The first kappa shape index (κ1) is 69.2. The number of urea groups is 1. The number of ketones is 1. The number of hydrogen-bond donors (Lipinski definition) is 4. The average molecular weight is 1170 g/mol. The first-order valence-corrected chi connectivity index (χ1v) is 30.5. The normalized spacial score (nSPS) is 17.3. The number of nitrogens with one attached hydrogen (secondary N) is 4. The minimum absolute atomic E-state index is 0.0617. The van der Waals surface area contributed by atoms with Crippen molar-refractivity contribution in [2.75, 3.05) is 80.5 Å². The third-order valence-electron chi connectivity index (χ3n) is 15.7. The molecule has 83 heavy (non-hydrogen) atoms. The van der Waals surface area contributed by atoms with Gasteiger partial charge in [-0.05, 0) is 62.3 Å². The minimum Gasteiger partial charge on any atom is -0.377 e. The topological polar surface area (TPSA) is 236 Å². The molecule has 8 atom stereocenters. The van der Waals surface area contributed by atoms with Crippen LogP contribution in [0.1, 0.15) is 121 Å². The quantitative estimate of drug-likeness (QED) is 0.0294. The van der Waals surface area contributed by atoms with Crippen LogP contribution in [-0.4, -0.2) is 206 Å². The molecule has 2 fully saturated rings. The maximum Gasteiger partial charge on any atom is 0.315 e. The SMILES string of the molecule is C=CCCCCCC(=O)N(C)[C@H](C(=O)N(C)[C@H](C(=O)N(C)[C@H](C(=O)N(C)[C@@H](C)C(=O)N(C)[C@@H](Cc1ccc(C(=O)c2ccccc2)cc1)C(=O)NCCOCCOCCNC(=O)CCC[C@@H]1SC[C@@H]2NC(=O)N[C@@H]21)C(C)C)C(C)C)C(C)C. The van der Waals surface area contributed by atoms with Crippen molar-refractivity contribution < 1.29 is 52.6 Å². The summed E-state index contributed by atoms with van der Waals surface area (Å²) >= 11 is 1.82.